The van der Waals surface area contributed by atoms with Crippen LogP contribution >= 0.6 is 0 Å². The van der Waals surface area contributed by atoms with Crippen molar-refractivity contribution in [1.82, 2.24) is 15.0 Å². The monoisotopic (exact) mass is 304 g/mol. The highest BCUT2D eigenvalue weighted by molar-refractivity contribution is 5.56. The summed E-state index contributed by atoms with van der Waals surface area (Å²) in [5.41, 5.74) is 5.36. The van der Waals surface area contributed by atoms with E-state index in [-0.39, 0.29) is 0 Å². The summed E-state index contributed by atoms with van der Waals surface area (Å²) in [6.07, 6.45) is 1.76. The van der Waals surface area contributed by atoms with Crippen LogP contribution in [0.15, 0.2) is 48.7 Å². The number of rotatable bonds is 4. The molecule has 1 aromatic carbocycles. The highest BCUT2D eigenvalue weighted by Gasteiger charge is 2.10. The summed E-state index contributed by atoms with van der Waals surface area (Å²) < 4.78 is 0. The Kier molecular flexibility index (Phi) is 4.33. The number of hydrogen-bond acceptors (Lipinski definition) is 4. The predicted octanol–water partition coefficient (Wildman–Crippen LogP) is 4.08. The molecule has 0 aliphatic heterocycles. The molecule has 2 aromatic heterocycles. The number of anilines is 1. The number of hydrogen-bond donors (Lipinski definition) is 1. The third-order valence-electron chi connectivity index (χ3n) is 3.99. The summed E-state index contributed by atoms with van der Waals surface area (Å²) in [6, 6.07) is 14.1. The molecular formula is C19H20N4. The number of nitrogens with one attached hydrogen (secondary N) is 1. The first-order valence-corrected chi connectivity index (χ1v) is 7.70. The van der Waals surface area contributed by atoms with Gasteiger partial charge < -0.3 is 5.32 Å². The minimum absolute atomic E-state index is 0.654. The zero-order valence-corrected chi connectivity index (χ0v) is 13.7. The van der Waals surface area contributed by atoms with E-state index in [9.17, 15) is 0 Å². The van der Waals surface area contributed by atoms with Gasteiger partial charge in [-0.1, -0.05) is 30.3 Å². The highest BCUT2D eigenvalue weighted by Crippen LogP contribution is 2.21. The van der Waals surface area contributed by atoms with Crippen molar-refractivity contribution in [1.29, 1.82) is 0 Å². The molecule has 0 fully saturated rings. The van der Waals surface area contributed by atoms with Gasteiger partial charge in [-0.25, -0.2) is 9.97 Å². The summed E-state index contributed by atoms with van der Waals surface area (Å²) in [4.78, 5) is 13.6. The van der Waals surface area contributed by atoms with Gasteiger partial charge in [0.1, 0.15) is 11.5 Å². The van der Waals surface area contributed by atoms with Crippen LogP contribution in [0.3, 0.4) is 0 Å². The molecule has 4 nitrogen and oxygen atoms in total. The Bertz CT molecular complexity index is 813. The van der Waals surface area contributed by atoms with E-state index in [4.69, 9.17) is 0 Å². The first-order chi connectivity index (χ1) is 11.1. The summed E-state index contributed by atoms with van der Waals surface area (Å²) in [5, 5.41) is 3.44. The fraction of sp³-hybridized carbons (Fsp3) is 0.211. The number of pyridine rings is 1. The number of nitrogens with zero attached hydrogens (tertiary/aromatic N) is 3. The van der Waals surface area contributed by atoms with Gasteiger partial charge >= 0.3 is 0 Å². The van der Waals surface area contributed by atoms with E-state index in [2.05, 4.69) is 51.5 Å². The maximum absolute atomic E-state index is 4.66. The maximum atomic E-state index is 4.66. The zero-order valence-electron chi connectivity index (χ0n) is 13.7. The number of benzene rings is 1. The molecule has 0 atom stereocenters. The molecule has 0 bridgehead atoms. The Morgan fingerprint density at radius 3 is 2.43 bits per heavy atom. The van der Waals surface area contributed by atoms with Crippen LogP contribution in [-0.2, 0) is 6.54 Å². The van der Waals surface area contributed by atoms with Crippen molar-refractivity contribution >= 4 is 5.82 Å². The Balaban J connectivity index is 1.90. The number of aromatic nitrogens is 3. The molecule has 23 heavy (non-hydrogen) atoms. The lowest BCUT2D eigenvalue weighted by Crippen LogP contribution is -2.08. The van der Waals surface area contributed by atoms with Crippen molar-refractivity contribution in [2.45, 2.75) is 27.3 Å². The van der Waals surface area contributed by atoms with Gasteiger partial charge in [0.05, 0.1) is 0 Å². The lowest BCUT2D eigenvalue weighted by Gasteiger charge is -2.13. The van der Waals surface area contributed by atoms with Crippen LogP contribution < -0.4 is 5.32 Å². The Hall–Kier alpha value is -2.75. The first kappa shape index (κ1) is 15.2. The van der Waals surface area contributed by atoms with E-state index in [1.54, 1.807) is 6.20 Å². The van der Waals surface area contributed by atoms with E-state index in [1.165, 1.54) is 11.1 Å². The average Bonchev–Trinajstić information content (AvgIpc) is 2.58. The van der Waals surface area contributed by atoms with E-state index < -0.39 is 0 Å². The third-order valence-corrected chi connectivity index (χ3v) is 3.99. The fourth-order valence-corrected chi connectivity index (χ4v) is 2.40. The molecule has 0 saturated carbocycles. The molecule has 0 aliphatic rings. The van der Waals surface area contributed by atoms with Crippen LogP contribution in [0.2, 0.25) is 0 Å². The van der Waals surface area contributed by atoms with Crippen LogP contribution in [0.5, 0.6) is 0 Å². The van der Waals surface area contributed by atoms with Gasteiger partial charge in [-0.3, -0.25) is 4.98 Å². The van der Waals surface area contributed by atoms with E-state index in [1.807, 2.05) is 32.0 Å². The normalized spacial score (nSPS) is 10.6. The van der Waals surface area contributed by atoms with Gasteiger partial charge in [0.15, 0.2) is 5.82 Å². The molecule has 0 amide bonds. The fourth-order valence-electron chi connectivity index (χ4n) is 2.40. The molecule has 3 rings (SSSR count). The zero-order chi connectivity index (χ0) is 16.2. The molecule has 4 heteroatoms. The molecule has 1 N–H and O–H groups in total. The van der Waals surface area contributed by atoms with Gasteiger partial charge in [-0.2, -0.15) is 0 Å². The van der Waals surface area contributed by atoms with Gasteiger partial charge in [0, 0.05) is 24.0 Å². The first-order valence-electron chi connectivity index (χ1n) is 7.70. The molecule has 0 radical (unpaired) electrons. The molecule has 0 unspecified atom stereocenters. The Morgan fingerprint density at radius 1 is 0.913 bits per heavy atom. The lowest BCUT2D eigenvalue weighted by atomic mass is 10.1. The summed E-state index contributed by atoms with van der Waals surface area (Å²) in [7, 11) is 0. The second-order valence-corrected chi connectivity index (χ2v) is 5.60. The van der Waals surface area contributed by atoms with Crippen molar-refractivity contribution < 1.29 is 0 Å². The van der Waals surface area contributed by atoms with Crippen LogP contribution in [0.25, 0.3) is 11.5 Å². The standard InChI is InChI=1S/C19H20N4/c1-13-8-4-5-9-16(13)12-21-18-14(2)15(3)22-19(23-18)17-10-6-7-11-20-17/h4-11H,12H2,1-3H3,(H,21,22,23). The molecular weight excluding hydrogens is 284 g/mol. The molecule has 116 valence electrons. The quantitative estimate of drug-likeness (QED) is 0.789. The van der Waals surface area contributed by atoms with Crippen molar-refractivity contribution in [2.24, 2.45) is 0 Å². The smallest absolute Gasteiger partial charge is 0.180 e. The van der Waals surface area contributed by atoms with E-state index >= 15 is 0 Å². The number of aryl methyl sites for hydroxylation is 2. The van der Waals surface area contributed by atoms with Crippen molar-refractivity contribution in [3.05, 3.63) is 71.0 Å². The third kappa shape index (κ3) is 3.37. The minimum atomic E-state index is 0.654. The van der Waals surface area contributed by atoms with Gasteiger partial charge in [0.25, 0.3) is 0 Å². The Labute approximate surface area is 136 Å². The molecule has 0 aliphatic carbocycles. The largest absolute Gasteiger partial charge is 0.366 e. The highest BCUT2D eigenvalue weighted by atomic mass is 15.0. The summed E-state index contributed by atoms with van der Waals surface area (Å²) in [5.74, 6) is 1.52. The van der Waals surface area contributed by atoms with Crippen LogP contribution in [-0.4, -0.2) is 15.0 Å². The minimum Gasteiger partial charge on any atom is -0.366 e. The lowest BCUT2D eigenvalue weighted by molar-refractivity contribution is 1.02. The van der Waals surface area contributed by atoms with Crippen molar-refractivity contribution in [2.75, 3.05) is 5.32 Å². The van der Waals surface area contributed by atoms with Crippen molar-refractivity contribution in [3.8, 4) is 11.5 Å². The van der Waals surface area contributed by atoms with E-state index in [0.29, 0.717) is 5.82 Å². The van der Waals surface area contributed by atoms with E-state index in [0.717, 1.165) is 29.3 Å². The summed E-state index contributed by atoms with van der Waals surface area (Å²) in [6.45, 7) is 6.90. The molecule has 3 aromatic rings. The maximum Gasteiger partial charge on any atom is 0.180 e. The van der Waals surface area contributed by atoms with Crippen molar-refractivity contribution in [3.63, 3.8) is 0 Å². The average molecular weight is 304 g/mol. The van der Waals surface area contributed by atoms with Crippen LogP contribution in [0.4, 0.5) is 5.82 Å². The van der Waals surface area contributed by atoms with Crippen LogP contribution in [0.1, 0.15) is 22.4 Å². The van der Waals surface area contributed by atoms with Gasteiger partial charge in [-0.05, 0) is 44.0 Å². The topological polar surface area (TPSA) is 50.7 Å². The van der Waals surface area contributed by atoms with Gasteiger partial charge in [0.2, 0.25) is 0 Å². The molecule has 2 heterocycles. The Morgan fingerprint density at radius 2 is 1.70 bits per heavy atom. The predicted molar refractivity (Wildman–Crippen MR) is 93.2 cm³/mol. The second-order valence-electron chi connectivity index (χ2n) is 5.60. The summed E-state index contributed by atoms with van der Waals surface area (Å²) >= 11 is 0. The van der Waals surface area contributed by atoms with Crippen LogP contribution in [0, 0.1) is 20.8 Å². The SMILES string of the molecule is Cc1ccccc1CNc1nc(-c2ccccn2)nc(C)c1C. The second kappa shape index (κ2) is 6.57. The van der Waals surface area contributed by atoms with Gasteiger partial charge in [-0.15, -0.1) is 0 Å². The molecule has 0 saturated heterocycles. The molecule has 0 spiro atoms.